The molecule has 0 aliphatic heterocycles. The molecular formula is C12H14N4S. The summed E-state index contributed by atoms with van der Waals surface area (Å²) in [6, 6.07) is 3.85. The van der Waals surface area contributed by atoms with Crippen molar-refractivity contribution in [2.24, 2.45) is 0 Å². The van der Waals surface area contributed by atoms with E-state index in [0.29, 0.717) is 0 Å². The molecule has 0 amide bonds. The molecule has 0 aliphatic carbocycles. The van der Waals surface area contributed by atoms with Crippen LogP contribution in [0.15, 0.2) is 30.7 Å². The Morgan fingerprint density at radius 1 is 1.47 bits per heavy atom. The molecule has 0 bridgehead atoms. The summed E-state index contributed by atoms with van der Waals surface area (Å²) in [5.41, 5.74) is 2.90. The Balaban J connectivity index is 2.41. The van der Waals surface area contributed by atoms with E-state index in [2.05, 4.69) is 10.1 Å². The summed E-state index contributed by atoms with van der Waals surface area (Å²) < 4.78 is 1.81. The quantitative estimate of drug-likeness (QED) is 0.762. The zero-order chi connectivity index (χ0) is 12.4. The van der Waals surface area contributed by atoms with Crippen LogP contribution in [0.5, 0.6) is 0 Å². The SMILES string of the molecule is CC(=S)N(C)c1cn(-c2cccnc2)nc1C. The molecule has 2 rings (SSSR count). The Labute approximate surface area is 106 Å². The molecule has 0 saturated heterocycles. The van der Waals surface area contributed by atoms with Crippen LogP contribution in [0.1, 0.15) is 12.6 Å². The van der Waals surface area contributed by atoms with Gasteiger partial charge in [0.1, 0.15) is 0 Å². The molecule has 88 valence electrons. The van der Waals surface area contributed by atoms with Gasteiger partial charge in [0.15, 0.2) is 0 Å². The van der Waals surface area contributed by atoms with Crippen LogP contribution >= 0.6 is 12.2 Å². The minimum atomic E-state index is 0.818. The highest BCUT2D eigenvalue weighted by Crippen LogP contribution is 2.19. The summed E-state index contributed by atoms with van der Waals surface area (Å²) in [5, 5.41) is 4.46. The Morgan fingerprint density at radius 2 is 2.24 bits per heavy atom. The first-order valence-corrected chi connectivity index (χ1v) is 5.71. The van der Waals surface area contributed by atoms with Crippen LogP contribution in [0.3, 0.4) is 0 Å². The monoisotopic (exact) mass is 246 g/mol. The lowest BCUT2D eigenvalue weighted by atomic mass is 10.3. The molecule has 0 radical (unpaired) electrons. The molecule has 2 heterocycles. The zero-order valence-electron chi connectivity index (χ0n) is 10.1. The van der Waals surface area contributed by atoms with Crippen LogP contribution in [0.25, 0.3) is 5.69 Å². The van der Waals surface area contributed by atoms with Crippen molar-refractivity contribution in [3.05, 3.63) is 36.4 Å². The minimum absolute atomic E-state index is 0.818. The van der Waals surface area contributed by atoms with E-state index in [1.807, 2.05) is 48.8 Å². The normalized spacial score (nSPS) is 10.3. The van der Waals surface area contributed by atoms with E-state index < -0.39 is 0 Å². The Morgan fingerprint density at radius 3 is 2.82 bits per heavy atom. The Bertz CT molecular complexity index is 533. The molecule has 0 spiro atoms. The summed E-state index contributed by atoms with van der Waals surface area (Å²) in [4.78, 5) is 6.85. The van der Waals surface area contributed by atoms with Gasteiger partial charge < -0.3 is 4.90 Å². The number of aromatic nitrogens is 3. The number of thiocarbonyl (C=S) groups is 1. The van der Waals surface area contributed by atoms with Crippen molar-refractivity contribution in [3.8, 4) is 5.69 Å². The van der Waals surface area contributed by atoms with Gasteiger partial charge in [0.05, 0.1) is 34.5 Å². The molecule has 4 nitrogen and oxygen atoms in total. The van der Waals surface area contributed by atoms with Gasteiger partial charge >= 0.3 is 0 Å². The second-order valence-corrected chi connectivity index (χ2v) is 4.42. The molecular weight excluding hydrogens is 232 g/mol. The first kappa shape index (κ1) is 11.7. The number of aryl methyl sites for hydroxylation is 1. The molecule has 0 saturated carbocycles. The molecule has 0 unspecified atom stereocenters. The van der Waals surface area contributed by atoms with Crippen LogP contribution in [0, 0.1) is 6.92 Å². The fourth-order valence-electron chi connectivity index (χ4n) is 1.57. The van der Waals surface area contributed by atoms with Gasteiger partial charge in [-0.2, -0.15) is 5.10 Å². The van der Waals surface area contributed by atoms with Crippen molar-refractivity contribution in [1.29, 1.82) is 0 Å². The van der Waals surface area contributed by atoms with Gasteiger partial charge in [-0.1, -0.05) is 12.2 Å². The maximum absolute atomic E-state index is 5.16. The highest BCUT2D eigenvalue weighted by Gasteiger charge is 2.11. The van der Waals surface area contributed by atoms with E-state index >= 15 is 0 Å². The van der Waals surface area contributed by atoms with Crippen molar-refractivity contribution in [2.45, 2.75) is 13.8 Å². The standard InChI is InChI=1S/C12H14N4S/c1-9-12(15(3)10(2)17)8-16(14-9)11-5-4-6-13-7-11/h4-8H,1-3H3. The van der Waals surface area contributed by atoms with Gasteiger partial charge in [0.25, 0.3) is 0 Å². The maximum atomic E-state index is 5.16. The fourth-order valence-corrected chi connectivity index (χ4v) is 1.67. The van der Waals surface area contributed by atoms with E-state index in [0.717, 1.165) is 22.1 Å². The van der Waals surface area contributed by atoms with E-state index in [4.69, 9.17) is 12.2 Å². The first-order valence-electron chi connectivity index (χ1n) is 5.30. The lowest BCUT2D eigenvalue weighted by Crippen LogP contribution is -2.21. The topological polar surface area (TPSA) is 34.0 Å². The maximum Gasteiger partial charge on any atom is 0.0835 e. The average Bonchev–Trinajstić information content (AvgIpc) is 2.71. The van der Waals surface area contributed by atoms with Crippen molar-refractivity contribution >= 4 is 22.9 Å². The third-order valence-corrected chi connectivity index (χ3v) is 2.89. The van der Waals surface area contributed by atoms with E-state index in [1.54, 1.807) is 12.4 Å². The lowest BCUT2D eigenvalue weighted by molar-refractivity contribution is 0.857. The number of hydrogen-bond donors (Lipinski definition) is 0. The number of rotatable bonds is 2. The van der Waals surface area contributed by atoms with Crippen LogP contribution in [0.4, 0.5) is 5.69 Å². The van der Waals surface area contributed by atoms with Crippen LogP contribution < -0.4 is 4.90 Å². The minimum Gasteiger partial charge on any atom is -0.337 e. The molecule has 5 heteroatoms. The highest BCUT2D eigenvalue weighted by molar-refractivity contribution is 7.80. The smallest absolute Gasteiger partial charge is 0.0835 e. The van der Waals surface area contributed by atoms with Crippen molar-refractivity contribution < 1.29 is 0 Å². The van der Waals surface area contributed by atoms with Crippen LogP contribution in [0.2, 0.25) is 0 Å². The van der Waals surface area contributed by atoms with Crippen molar-refractivity contribution in [2.75, 3.05) is 11.9 Å². The van der Waals surface area contributed by atoms with Crippen LogP contribution in [-0.2, 0) is 0 Å². The second kappa shape index (κ2) is 4.63. The predicted molar refractivity (Wildman–Crippen MR) is 72.8 cm³/mol. The predicted octanol–water partition coefficient (Wildman–Crippen LogP) is 2.36. The zero-order valence-corrected chi connectivity index (χ0v) is 10.9. The van der Waals surface area contributed by atoms with E-state index in [9.17, 15) is 0 Å². The van der Waals surface area contributed by atoms with Gasteiger partial charge in [-0.3, -0.25) is 4.98 Å². The Kier molecular flexibility index (Phi) is 3.19. The molecule has 2 aromatic rings. The number of anilines is 1. The molecule has 0 aromatic carbocycles. The molecule has 17 heavy (non-hydrogen) atoms. The summed E-state index contributed by atoms with van der Waals surface area (Å²) in [6.45, 7) is 3.87. The van der Waals surface area contributed by atoms with E-state index in [1.165, 1.54) is 0 Å². The third-order valence-electron chi connectivity index (χ3n) is 2.62. The molecule has 0 fully saturated rings. The molecule has 0 aliphatic rings. The average molecular weight is 246 g/mol. The van der Waals surface area contributed by atoms with Gasteiger partial charge in [-0.25, -0.2) is 4.68 Å². The largest absolute Gasteiger partial charge is 0.337 e. The van der Waals surface area contributed by atoms with Gasteiger partial charge in [-0.15, -0.1) is 0 Å². The van der Waals surface area contributed by atoms with Gasteiger partial charge in [0.2, 0.25) is 0 Å². The fraction of sp³-hybridized carbons (Fsp3) is 0.250. The number of nitrogens with zero attached hydrogens (tertiary/aromatic N) is 4. The second-order valence-electron chi connectivity index (χ2n) is 3.83. The molecule has 0 atom stereocenters. The summed E-state index contributed by atoms with van der Waals surface area (Å²) in [6.07, 6.45) is 5.48. The summed E-state index contributed by atoms with van der Waals surface area (Å²) in [5.74, 6) is 0. The lowest BCUT2D eigenvalue weighted by Gasteiger charge is -2.15. The highest BCUT2D eigenvalue weighted by atomic mass is 32.1. The third kappa shape index (κ3) is 2.34. The Hall–Kier alpha value is -1.75. The van der Waals surface area contributed by atoms with Crippen LogP contribution in [-0.4, -0.2) is 26.8 Å². The van der Waals surface area contributed by atoms with Crippen molar-refractivity contribution in [1.82, 2.24) is 14.8 Å². The van der Waals surface area contributed by atoms with Crippen molar-refractivity contribution in [3.63, 3.8) is 0 Å². The van der Waals surface area contributed by atoms with Gasteiger partial charge in [0, 0.05) is 13.2 Å². The summed E-state index contributed by atoms with van der Waals surface area (Å²) in [7, 11) is 1.94. The van der Waals surface area contributed by atoms with Gasteiger partial charge in [-0.05, 0) is 26.0 Å². The molecule has 0 N–H and O–H groups in total. The molecule has 2 aromatic heterocycles. The van der Waals surface area contributed by atoms with E-state index in [-0.39, 0.29) is 0 Å². The first-order chi connectivity index (χ1) is 8.09. The number of hydrogen-bond acceptors (Lipinski definition) is 3. The summed E-state index contributed by atoms with van der Waals surface area (Å²) >= 11 is 5.16. The number of pyridine rings is 1.